The molecule has 1 unspecified atom stereocenters. The number of aliphatic imine (C=N–C) groups is 2. The molecule has 4 heteroatoms. The number of benzene rings is 7. The summed E-state index contributed by atoms with van der Waals surface area (Å²) in [6.07, 6.45) is -0.280. The summed E-state index contributed by atoms with van der Waals surface area (Å²) in [5, 5.41) is 10.6. The Hall–Kier alpha value is -6.00. The van der Waals surface area contributed by atoms with Crippen molar-refractivity contribution >= 4 is 55.2 Å². The molecule has 8 aromatic rings. The number of rotatable bonds is 4. The van der Waals surface area contributed by atoms with Crippen LogP contribution < -0.4 is 5.32 Å². The Balaban J connectivity index is 1.26. The number of hydrogen-bond acceptors (Lipinski definition) is 4. The minimum atomic E-state index is -0.280. The second kappa shape index (κ2) is 10.3. The lowest BCUT2D eigenvalue weighted by Crippen LogP contribution is -2.33. The largest absolute Gasteiger partial charge is 0.455 e. The highest BCUT2D eigenvalue weighted by molar-refractivity contribution is 6.23. The van der Waals surface area contributed by atoms with Gasteiger partial charge in [0, 0.05) is 27.5 Å². The summed E-state index contributed by atoms with van der Waals surface area (Å²) in [5.74, 6) is 1.47. The number of furan rings is 1. The second-order valence-corrected chi connectivity index (χ2v) is 11.4. The van der Waals surface area contributed by atoms with Crippen LogP contribution >= 0.6 is 0 Å². The van der Waals surface area contributed by atoms with Crippen molar-refractivity contribution < 1.29 is 4.42 Å². The first-order valence-electron chi connectivity index (χ1n) is 15.2. The summed E-state index contributed by atoms with van der Waals surface area (Å²) < 4.78 is 6.66. The summed E-state index contributed by atoms with van der Waals surface area (Å²) in [4.78, 5) is 10.3. The molecule has 1 N–H and O–H groups in total. The van der Waals surface area contributed by atoms with Crippen LogP contribution in [-0.2, 0) is 0 Å². The minimum Gasteiger partial charge on any atom is -0.455 e. The number of hydrogen-bond donors (Lipinski definition) is 1. The second-order valence-electron chi connectivity index (χ2n) is 11.4. The molecule has 9 rings (SSSR count). The number of fused-ring (bicyclic) bond motifs is 6. The summed E-state index contributed by atoms with van der Waals surface area (Å²) >= 11 is 0. The molecule has 7 aromatic carbocycles. The van der Waals surface area contributed by atoms with Crippen LogP contribution in [0.5, 0.6) is 0 Å². The third kappa shape index (κ3) is 4.30. The number of nitrogens with zero attached hydrogens (tertiary/aromatic N) is 2. The van der Waals surface area contributed by atoms with Gasteiger partial charge < -0.3 is 9.73 Å². The maximum absolute atomic E-state index is 6.66. The van der Waals surface area contributed by atoms with Gasteiger partial charge in [0.25, 0.3) is 0 Å². The van der Waals surface area contributed by atoms with E-state index >= 15 is 0 Å². The quantitative estimate of drug-likeness (QED) is 0.212. The first-order valence-corrected chi connectivity index (χ1v) is 15.2. The lowest BCUT2D eigenvalue weighted by Gasteiger charge is -2.24. The van der Waals surface area contributed by atoms with Crippen LogP contribution in [0.4, 0.5) is 0 Å². The van der Waals surface area contributed by atoms with Gasteiger partial charge in [-0.15, -0.1) is 0 Å². The Morgan fingerprint density at radius 3 is 2.09 bits per heavy atom. The van der Waals surface area contributed by atoms with Gasteiger partial charge in [-0.05, 0) is 56.9 Å². The van der Waals surface area contributed by atoms with Gasteiger partial charge in [-0.2, -0.15) is 0 Å². The molecule has 1 aromatic heterocycles. The fourth-order valence-corrected chi connectivity index (χ4v) is 6.54. The molecule has 1 aliphatic heterocycles. The molecule has 212 valence electrons. The van der Waals surface area contributed by atoms with E-state index in [1.54, 1.807) is 0 Å². The highest BCUT2D eigenvalue weighted by Crippen LogP contribution is 2.40. The van der Waals surface area contributed by atoms with Gasteiger partial charge in [0.15, 0.2) is 5.84 Å². The van der Waals surface area contributed by atoms with Crippen LogP contribution in [0.3, 0.4) is 0 Å². The lowest BCUT2D eigenvalue weighted by atomic mass is 9.94. The Kier molecular flexibility index (Phi) is 5.85. The third-order valence-corrected chi connectivity index (χ3v) is 8.73. The Labute approximate surface area is 260 Å². The molecule has 0 bridgehead atoms. The third-order valence-electron chi connectivity index (χ3n) is 8.73. The Morgan fingerprint density at radius 1 is 0.533 bits per heavy atom. The molecular formula is C41H27N3O. The van der Waals surface area contributed by atoms with Gasteiger partial charge in [-0.1, -0.05) is 127 Å². The molecule has 0 spiro atoms. The molecule has 1 atom stereocenters. The van der Waals surface area contributed by atoms with Gasteiger partial charge in [0.1, 0.15) is 23.2 Å². The summed E-state index contributed by atoms with van der Waals surface area (Å²) in [6.45, 7) is 0. The Morgan fingerprint density at radius 2 is 1.22 bits per heavy atom. The standard InChI is InChI=1S/C41H27N3O/c1-3-12-27(13-4-1)39-42-40(28-14-5-2-6-15-28)44-41(43-39)35-24-23-33(38-37(35)34-17-9-10-18-36(34)45-38)30-21-22-32-29(25-30)20-19-26-11-7-8-16-31(26)32/h1-25,39H,(H,42,43,44). The average Bonchev–Trinajstić information content (AvgIpc) is 3.51. The van der Waals surface area contributed by atoms with E-state index in [0.717, 1.165) is 55.6 Å². The number of para-hydroxylation sites is 1. The van der Waals surface area contributed by atoms with Crippen molar-refractivity contribution in [3.63, 3.8) is 0 Å². The topological polar surface area (TPSA) is 49.9 Å². The highest BCUT2D eigenvalue weighted by atomic mass is 16.3. The van der Waals surface area contributed by atoms with E-state index in [4.69, 9.17) is 14.4 Å². The van der Waals surface area contributed by atoms with Crippen molar-refractivity contribution in [2.75, 3.05) is 0 Å². The predicted octanol–water partition coefficient (Wildman–Crippen LogP) is 10.1. The van der Waals surface area contributed by atoms with Crippen molar-refractivity contribution in [2.24, 2.45) is 9.98 Å². The predicted molar refractivity (Wildman–Crippen MR) is 186 cm³/mol. The average molecular weight is 578 g/mol. The van der Waals surface area contributed by atoms with Crippen molar-refractivity contribution in [1.82, 2.24) is 5.32 Å². The highest BCUT2D eigenvalue weighted by Gasteiger charge is 2.24. The molecule has 0 saturated carbocycles. The van der Waals surface area contributed by atoms with Gasteiger partial charge in [-0.25, -0.2) is 9.98 Å². The number of amidine groups is 2. The van der Waals surface area contributed by atoms with Crippen LogP contribution in [0.2, 0.25) is 0 Å². The van der Waals surface area contributed by atoms with Crippen LogP contribution in [0, 0.1) is 0 Å². The SMILES string of the molecule is c1ccc(C2=NC(c3ccc(-c4ccc5c(ccc6ccccc65)c4)c4oc5ccccc5c34)=NC(c3ccccc3)N2)cc1. The van der Waals surface area contributed by atoms with E-state index in [2.05, 4.69) is 108 Å². The fourth-order valence-electron chi connectivity index (χ4n) is 6.54. The zero-order valence-electron chi connectivity index (χ0n) is 24.3. The molecule has 4 nitrogen and oxygen atoms in total. The van der Waals surface area contributed by atoms with Gasteiger partial charge in [-0.3, -0.25) is 0 Å². The van der Waals surface area contributed by atoms with E-state index in [0.29, 0.717) is 5.84 Å². The van der Waals surface area contributed by atoms with Gasteiger partial charge in [0.05, 0.1) is 0 Å². The molecule has 0 fully saturated rings. The molecule has 0 amide bonds. The van der Waals surface area contributed by atoms with Crippen LogP contribution in [0.15, 0.2) is 166 Å². The first kappa shape index (κ1) is 25.5. The van der Waals surface area contributed by atoms with Crippen LogP contribution in [0.1, 0.15) is 22.9 Å². The van der Waals surface area contributed by atoms with E-state index in [1.165, 1.54) is 21.5 Å². The van der Waals surface area contributed by atoms with Crippen molar-refractivity contribution in [3.8, 4) is 11.1 Å². The van der Waals surface area contributed by atoms with Crippen LogP contribution in [-0.4, -0.2) is 11.7 Å². The van der Waals surface area contributed by atoms with E-state index in [-0.39, 0.29) is 6.17 Å². The maximum Gasteiger partial charge on any atom is 0.160 e. The molecule has 0 aliphatic carbocycles. The van der Waals surface area contributed by atoms with Crippen molar-refractivity contribution in [1.29, 1.82) is 0 Å². The summed E-state index contributed by atoms with van der Waals surface area (Å²) in [7, 11) is 0. The maximum atomic E-state index is 6.66. The van der Waals surface area contributed by atoms with Gasteiger partial charge in [0.2, 0.25) is 0 Å². The van der Waals surface area contributed by atoms with Crippen molar-refractivity contribution in [2.45, 2.75) is 6.17 Å². The molecule has 1 aliphatic rings. The zero-order chi connectivity index (χ0) is 29.7. The van der Waals surface area contributed by atoms with E-state index in [1.807, 2.05) is 48.5 Å². The normalized spacial score (nSPS) is 14.9. The van der Waals surface area contributed by atoms with Gasteiger partial charge >= 0.3 is 0 Å². The zero-order valence-corrected chi connectivity index (χ0v) is 24.3. The summed E-state index contributed by atoms with van der Waals surface area (Å²) in [6, 6.07) is 52.7. The molecule has 45 heavy (non-hydrogen) atoms. The number of nitrogens with one attached hydrogen (secondary N) is 1. The monoisotopic (exact) mass is 577 g/mol. The Bertz CT molecular complexity index is 2460. The molecule has 0 saturated heterocycles. The van der Waals surface area contributed by atoms with Crippen LogP contribution in [0.25, 0.3) is 54.6 Å². The molecule has 0 radical (unpaired) electrons. The lowest BCUT2D eigenvalue weighted by molar-refractivity contribution is 0.669. The van der Waals surface area contributed by atoms with E-state index < -0.39 is 0 Å². The van der Waals surface area contributed by atoms with Crippen molar-refractivity contribution in [3.05, 3.63) is 168 Å². The first-order chi connectivity index (χ1) is 22.3. The smallest absolute Gasteiger partial charge is 0.160 e. The fraction of sp³-hybridized carbons (Fsp3) is 0.0244. The minimum absolute atomic E-state index is 0.280. The molecular weight excluding hydrogens is 550 g/mol. The van der Waals surface area contributed by atoms with E-state index in [9.17, 15) is 0 Å². The molecule has 2 heterocycles. The summed E-state index contributed by atoms with van der Waals surface area (Å²) in [5.41, 5.74) is 6.86.